The number of ether oxygens (including phenoxy) is 4. The van der Waals surface area contributed by atoms with Crippen LogP contribution in [-0.2, 0) is 43.5 Å². The molecule has 5 heterocycles. The van der Waals surface area contributed by atoms with Gasteiger partial charge in [-0.15, -0.1) is 0 Å². The van der Waals surface area contributed by atoms with E-state index in [1.54, 1.807) is 73.2 Å². The van der Waals surface area contributed by atoms with Crippen molar-refractivity contribution in [1.82, 2.24) is 20.4 Å². The lowest BCUT2D eigenvalue weighted by atomic mass is 9.97. The van der Waals surface area contributed by atoms with Crippen molar-refractivity contribution in [3.05, 3.63) is 183 Å². The van der Waals surface area contributed by atoms with E-state index >= 15 is 0 Å². The van der Waals surface area contributed by atoms with Crippen LogP contribution < -0.4 is 40.0 Å². The maximum Gasteiger partial charge on any atom is 0.416 e. The average molecular weight is 1260 g/mol. The third-order valence-corrected chi connectivity index (χ3v) is 18.7. The van der Waals surface area contributed by atoms with Gasteiger partial charge in [-0.05, 0) is 153 Å². The number of nitrogens with one attached hydrogen (secondary N) is 3. The molecule has 6 aliphatic rings. The van der Waals surface area contributed by atoms with Crippen LogP contribution in [0.25, 0.3) is 5.57 Å². The van der Waals surface area contributed by atoms with E-state index in [-0.39, 0.29) is 85.6 Å². The van der Waals surface area contributed by atoms with Crippen molar-refractivity contribution < 1.29 is 57.6 Å². The number of amides is 7. The van der Waals surface area contributed by atoms with Gasteiger partial charge in [0.05, 0.1) is 49.8 Å². The lowest BCUT2D eigenvalue weighted by Gasteiger charge is -2.31. The first-order chi connectivity index (χ1) is 44.8. The van der Waals surface area contributed by atoms with Gasteiger partial charge < -0.3 is 54.7 Å². The third kappa shape index (κ3) is 13.5. The molecule has 19 nitrogen and oxygen atoms in total. The molecule has 7 amide bonds. The van der Waals surface area contributed by atoms with Gasteiger partial charge in [-0.25, -0.2) is 9.69 Å². The number of para-hydroxylation sites is 1. The van der Waals surface area contributed by atoms with Crippen molar-refractivity contribution in [3.63, 3.8) is 0 Å². The topological polar surface area (TPSA) is 226 Å². The molecular weight excluding hydrogens is 1180 g/mol. The molecule has 93 heavy (non-hydrogen) atoms. The molecule has 1 aliphatic carbocycles. The van der Waals surface area contributed by atoms with Gasteiger partial charge in [-0.2, -0.15) is 0 Å². The van der Waals surface area contributed by atoms with Crippen molar-refractivity contribution in [3.8, 4) is 29.1 Å². The van der Waals surface area contributed by atoms with Crippen LogP contribution in [-0.4, -0.2) is 114 Å². The van der Waals surface area contributed by atoms with Crippen LogP contribution in [0.1, 0.15) is 137 Å². The number of nitrogens with zero attached hydrogens (tertiary/aromatic N) is 4. The maximum absolute atomic E-state index is 14.4. The Morgan fingerprint density at radius 2 is 1.46 bits per heavy atom. The number of rotatable bonds is 19. The largest absolute Gasteiger partial charge is 0.493 e. The molecule has 1 saturated carbocycles. The van der Waals surface area contributed by atoms with Crippen LogP contribution in [0, 0.1) is 37.0 Å². The molecular formula is C74H77N7O12. The Morgan fingerprint density at radius 3 is 2.20 bits per heavy atom. The summed E-state index contributed by atoms with van der Waals surface area (Å²) in [6.45, 7) is 9.94. The first-order valence-electron chi connectivity index (χ1n) is 32.0. The summed E-state index contributed by atoms with van der Waals surface area (Å²) in [6.07, 6.45) is 4.51. The van der Waals surface area contributed by atoms with Gasteiger partial charge in [0.25, 0.3) is 11.8 Å². The van der Waals surface area contributed by atoms with Gasteiger partial charge >= 0.3 is 6.09 Å². The number of methoxy groups -OCH3 is 1. The monoisotopic (exact) mass is 1260 g/mol. The molecule has 6 aromatic carbocycles. The van der Waals surface area contributed by atoms with Crippen LogP contribution in [0.3, 0.4) is 0 Å². The van der Waals surface area contributed by atoms with Crippen LogP contribution in [0.4, 0.5) is 21.9 Å². The lowest BCUT2D eigenvalue weighted by molar-refractivity contribution is -0.132. The summed E-state index contributed by atoms with van der Waals surface area (Å²) < 4.78 is 24.3. The minimum Gasteiger partial charge on any atom is -0.493 e. The van der Waals surface area contributed by atoms with Crippen LogP contribution in [0.15, 0.2) is 128 Å². The summed E-state index contributed by atoms with van der Waals surface area (Å²) >= 11 is 0. The van der Waals surface area contributed by atoms with Gasteiger partial charge in [0, 0.05) is 66.5 Å². The Morgan fingerprint density at radius 1 is 0.742 bits per heavy atom. The van der Waals surface area contributed by atoms with Crippen molar-refractivity contribution >= 4 is 64.2 Å². The fourth-order valence-electron chi connectivity index (χ4n) is 13.1. The molecule has 0 aromatic heterocycles. The SMILES string of the molecule is COc1cc2c(cc1OCCCOc1cc3c(cc1C)C(=O)N1CC4(CC4)C[C@H]1C(O)N3C(=O)OCc1ccc(NC(=O)[C@H](C)NC(=O)[C@@H](NC(=O)CCC(=O)N3Cc4ccccc4C#Cc4ccccc43)C(C)C)cc1)CC[C@@H]1CC(c3ccc(C)cc3)=CN1C2=O. The molecule has 480 valence electrons. The molecule has 1 saturated heterocycles. The molecule has 0 bridgehead atoms. The molecule has 5 aliphatic heterocycles. The molecule has 0 radical (unpaired) electrons. The summed E-state index contributed by atoms with van der Waals surface area (Å²) in [4.78, 5) is 104. The average Bonchev–Trinajstić information content (AvgIpc) is 1.64. The summed E-state index contributed by atoms with van der Waals surface area (Å²) in [7, 11) is 1.55. The zero-order valence-corrected chi connectivity index (χ0v) is 53.2. The van der Waals surface area contributed by atoms with Gasteiger partial charge in [-0.1, -0.05) is 98.0 Å². The molecule has 19 heteroatoms. The Balaban J connectivity index is 0.642. The van der Waals surface area contributed by atoms with E-state index in [1.165, 1.54) is 12.5 Å². The second-order valence-electron chi connectivity index (χ2n) is 25.6. The first kappa shape index (κ1) is 63.2. The summed E-state index contributed by atoms with van der Waals surface area (Å²) in [6, 6.07) is 34.3. The number of carbonyl (C=O) groups is 7. The van der Waals surface area contributed by atoms with Crippen molar-refractivity contribution in [2.45, 2.75) is 136 Å². The number of anilines is 3. The quantitative estimate of drug-likeness (QED) is 0.0439. The van der Waals surface area contributed by atoms with Crippen molar-refractivity contribution in [2.75, 3.05) is 42.0 Å². The Bertz CT molecular complexity index is 4030. The highest BCUT2D eigenvalue weighted by molar-refractivity contribution is 6.06. The number of aliphatic hydroxyl groups is 1. The Hall–Kier alpha value is -9.93. The van der Waals surface area contributed by atoms with Gasteiger partial charge in [0.15, 0.2) is 17.7 Å². The highest BCUT2D eigenvalue weighted by atomic mass is 16.6. The van der Waals surface area contributed by atoms with E-state index in [4.69, 9.17) is 18.9 Å². The smallest absolute Gasteiger partial charge is 0.416 e. The number of carbonyl (C=O) groups excluding carboxylic acids is 7. The molecule has 5 atom stereocenters. The first-order valence-corrected chi connectivity index (χ1v) is 32.0. The van der Waals surface area contributed by atoms with E-state index in [0.717, 1.165) is 58.4 Å². The predicted octanol–water partition coefficient (Wildman–Crippen LogP) is 10.1. The molecule has 1 unspecified atom stereocenters. The second-order valence-corrected chi connectivity index (χ2v) is 25.6. The van der Waals surface area contributed by atoms with Crippen molar-refractivity contribution in [1.29, 1.82) is 0 Å². The predicted molar refractivity (Wildman–Crippen MR) is 350 cm³/mol. The van der Waals surface area contributed by atoms with E-state index < -0.39 is 48.2 Å². The standard InChI is InChI=1S/C74H77N7O12/c1-44(2)67(77-65(82)28-29-66(83)79-40-53-14-8-7-12-49(53)22-23-51-13-9-10-15-59(51)79)69(85)75-47(5)68(84)76-55-25-18-48(19-26-55)42-93-73(89)81-60-38-62(46(4)34-58(60)71(87)80-43-74(30-31-74)39-61(80)72(81)88)91-32-11-33-92-64-36-52-24-27-56-35-54(50-20-16-45(3)17-21-50)41-78(56)70(86)57(52)37-63(64)90-6/h7-10,12-21,25-26,34,36-38,41,44,47,56,61,67,72,88H,11,24,27-33,35,39-40,42-43H2,1-6H3,(H,75,85)(H,76,84)(H,77,82)/t47-,56+,61-,67-,72?/m0/s1. The van der Waals surface area contributed by atoms with Gasteiger partial charge in [0.2, 0.25) is 23.6 Å². The number of aryl methyl sites for hydroxylation is 3. The number of hydrogen-bond acceptors (Lipinski definition) is 12. The minimum absolute atomic E-state index is 0.0543. The summed E-state index contributed by atoms with van der Waals surface area (Å²) in [5, 5.41) is 20.5. The fraction of sp³-hybridized carbons (Fsp3) is 0.365. The van der Waals surface area contributed by atoms with Crippen LogP contribution >= 0.6 is 0 Å². The molecule has 4 N–H and O–H groups in total. The zero-order valence-electron chi connectivity index (χ0n) is 53.2. The van der Waals surface area contributed by atoms with Gasteiger partial charge in [0.1, 0.15) is 24.4 Å². The van der Waals surface area contributed by atoms with E-state index in [2.05, 4.69) is 59.0 Å². The molecule has 6 aromatic rings. The van der Waals surface area contributed by atoms with Crippen LogP contribution in [0.5, 0.6) is 17.2 Å². The summed E-state index contributed by atoms with van der Waals surface area (Å²) in [5.74, 6) is 5.18. The molecule has 12 rings (SSSR count). The Kier molecular flexibility index (Phi) is 18.2. The van der Waals surface area contributed by atoms with Crippen molar-refractivity contribution in [2.24, 2.45) is 11.3 Å². The van der Waals surface area contributed by atoms with Crippen LogP contribution in [0.2, 0.25) is 0 Å². The number of hydrogen-bond donors (Lipinski definition) is 4. The molecule has 1 spiro atoms. The fourth-order valence-corrected chi connectivity index (χ4v) is 13.1. The van der Waals surface area contributed by atoms with E-state index in [9.17, 15) is 38.7 Å². The number of fused-ring (bicyclic) bond motifs is 6. The number of benzene rings is 6. The van der Waals surface area contributed by atoms with E-state index in [0.29, 0.717) is 76.7 Å². The molecule has 2 fully saturated rings. The van der Waals surface area contributed by atoms with E-state index in [1.807, 2.05) is 72.6 Å². The Labute approximate surface area is 541 Å². The highest BCUT2D eigenvalue weighted by Gasteiger charge is 2.58. The third-order valence-electron chi connectivity index (χ3n) is 18.7. The van der Waals surface area contributed by atoms with Gasteiger partial charge in [-0.3, -0.25) is 28.8 Å². The second kappa shape index (κ2) is 26.7. The normalized spacial score (nSPS) is 18.6. The zero-order chi connectivity index (χ0) is 65.2. The lowest BCUT2D eigenvalue weighted by Crippen LogP contribution is -2.53. The maximum atomic E-state index is 14.4. The summed E-state index contributed by atoms with van der Waals surface area (Å²) in [5.41, 5.74) is 9.91. The highest BCUT2D eigenvalue weighted by Crippen LogP contribution is 2.57. The minimum atomic E-state index is -1.43. The number of aliphatic hydroxyl groups excluding tert-OH is 1.